The molecule has 0 bridgehead atoms. The highest BCUT2D eigenvalue weighted by Crippen LogP contribution is 2.52. The van der Waals surface area contributed by atoms with E-state index < -0.39 is 11.3 Å². The molecule has 4 aliphatic heterocycles. The van der Waals surface area contributed by atoms with E-state index in [1.165, 1.54) is 6.42 Å². The van der Waals surface area contributed by atoms with Crippen LogP contribution in [0.2, 0.25) is 0 Å². The van der Waals surface area contributed by atoms with Crippen LogP contribution in [0.3, 0.4) is 0 Å². The van der Waals surface area contributed by atoms with Crippen molar-refractivity contribution in [1.29, 1.82) is 0 Å². The third-order valence-electron chi connectivity index (χ3n) is 17.6. The third-order valence-corrected chi connectivity index (χ3v) is 17.6. The lowest BCUT2D eigenvalue weighted by molar-refractivity contribution is -0.136. The number of likely N-dealkylation sites (tertiary alicyclic amines) is 4. The SMILES string of the molecule is C.CC1(C(=O)N2CC(C(C)(C)C)C(C)(F)C2)CC1.CC1(C(=O)N2CC(CF)C(C(C)(C)C)C2)CC1.CCC1CN(C(=O)C2(C)CC2)CC1C(C)(C)C.CCC1CN(C(=O)OC(C)(C)C)CC1C(C)(C)C. The number of nitrogens with zero attached hydrogens (tertiary/aromatic N) is 4. The van der Waals surface area contributed by atoms with Crippen LogP contribution in [-0.4, -0.2) is 114 Å². The van der Waals surface area contributed by atoms with Crippen molar-refractivity contribution in [3.05, 3.63) is 0 Å². The van der Waals surface area contributed by atoms with Crippen LogP contribution < -0.4 is 0 Å². The Balaban J connectivity index is 0.000000246. The Kier molecular flexibility index (Phi) is 19.2. The zero-order valence-corrected chi connectivity index (χ0v) is 48.1. The minimum atomic E-state index is -1.25. The van der Waals surface area contributed by atoms with Crippen molar-refractivity contribution >= 4 is 23.8 Å². The van der Waals surface area contributed by atoms with Gasteiger partial charge in [-0.1, -0.05) is 138 Å². The van der Waals surface area contributed by atoms with Crippen molar-refractivity contribution in [1.82, 2.24) is 19.6 Å². The molecule has 3 saturated carbocycles. The van der Waals surface area contributed by atoms with Gasteiger partial charge < -0.3 is 24.3 Å². The minimum Gasteiger partial charge on any atom is -0.444 e. The Morgan fingerprint density at radius 3 is 1.06 bits per heavy atom. The van der Waals surface area contributed by atoms with Crippen LogP contribution >= 0.6 is 0 Å². The lowest BCUT2D eigenvalue weighted by atomic mass is 9.74. The molecule has 408 valence electrons. The van der Waals surface area contributed by atoms with Crippen molar-refractivity contribution < 1.29 is 32.7 Å². The first-order chi connectivity index (χ1) is 31.2. The average molecular weight is 992 g/mol. The molecule has 4 saturated heterocycles. The summed E-state index contributed by atoms with van der Waals surface area (Å²) < 4.78 is 33.1. The quantitative estimate of drug-likeness (QED) is 0.264. The molecule has 0 aromatic heterocycles. The molecule has 7 rings (SSSR count). The molecule has 4 heterocycles. The summed E-state index contributed by atoms with van der Waals surface area (Å²) in [5.41, 5.74) is -1.39. The highest BCUT2D eigenvalue weighted by molar-refractivity contribution is 5.86. The van der Waals surface area contributed by atoms with Gasteiger partial charge in [0.05, 0.1) is 13.2 Å². The van der Waals surface area contributed by atoms with Gasteiger partial charge >= 0.3 is 6.09 Å². The van der Waals surface area contributed by atoms with E-state index in [9.17, 15) is 28.0 Å². The zero-order chi connectivity index (χ0) is 52.9. The van der Waals surface area contributed by atoms with E-state index >= 15 is 0 Å². The number of rotatable bonds is 6. The van der Waals surface area contributed by atoms with Crippen molar-refractivity contribution in [2.24, 2.45) is 79.3 Å². The van der Waals surface area contributed by atoms with Crippen LogP contribution in [0.25, 0.3) is 0 Å². The second-order valence-corrected chi connectivity index (χ2v) is 29.5. The molecule has 9 nitrogen and oxygen atoms in total. The van der Waals surface area contributed by atoms with Gasteiger partial charge in [0.2, 0.25) is 17.7 Å². The topological polar surface area (TPSA) is 90.5 Å². The highest BCUT2D eigenvalue weighted by atomic mass is 19.1. The van der Waals surface area contributed by atoms with Gasteiger partial charge in [-0.2, -0.15) is 0 Å². The number of halogens is 2. The van der Waals surface area contributed by atoms with Crippen LogP contribution in [0.1, 0.15) is 204 Å². The zero-order valence-electron chi connectivity index (χ0n) is 48.1. The Labute approximate surface area is 428 Å². The maximum absolute atomic E-state index is 14.6. The number of hydrogen-bond donors (Lipinski definition) is 0. The van der Waals surface area contributed by atoms with Crippen LogP contribution in [0.5, 0.6) is 0 Å². The molecular weight excluding hydrogens is 883 g/mol. The van der Waals surface area contributed by atoms with Crippen LogP contribution in [0, 0.1) is 79.3 Å². The van der Waals surface area contributed by atoms with E-state index in [1.807, 2.05) is 44.4 Å². The Bertz CT molecular complexity index is 1720. The van der Waals surface area contributed by atoms with E-state index in [0.29, 0.717) is 54.0 Å². The Hall–Kier alpha value is -2.46. The smallest absolute Gasteiger partial charge is 0.410 e. The van der Waals surface area contributed by atoms with E-state index in [0.717, 1.165) is 77.7 Å². The first-order valence-electron chi connectivity index (χ1n) is 27.3. The van der Waals surface area contributed by atoms with Gasteiger partial charge in [0, 0.05) is 73.9 Å². The molecule has 7 fully saturated rings. The van der Waals surface area contributed by atoms with Gasteiger partial charge in [0.1, 0.15) is 11.3 Å². The molecule has 0 aromatic rings. The Morgan fingerprint density at radius 2 is 0.800 bits per heavy atom. The molecule has 0 N–H and O–H groups in total. The Morgan fingerprint density at radius 1 is 0.486 bits per heavy atom. The maximum atomic E-state index is 14.6. The van der Waals surface area contributed by atoms with Gasteiger partial charge in [-0.05, 0) is 117 Å². The number of hydrogen-bond acceptors (Lipinski definition) is 5. The van der Waals surface area contributed by atoms with Crippen LogP contribution in [0.4, 0.5) is 13.6 Å². The summed E-state index contributed by atoms with van der Waals surface area (Å²) in [7, 11) is 0. The first kappa shape index (κ1) is 61.8. The summed E-state index contributed by atoms with van der Waals surface area (Å²) in [6, 6.07) is 0. The number of alkyl halides is 2. The maximum Gasteiger partial charge on any atom is 0.410 e. The molecule has 11 heteroatoms. The summed E-state index contributed by atoms with van der Waals surface area (Å²) in [6.07, 6.45) is 8.29. The number of amides is 4. The lowest BCUT2D eigenvalue weighted by Gasteiger charge is -2.33. The highest BCUT2D eigenvalue weighted by Gasteiger charge is 2.56. The second-order valence-electron chi connectivity index (χ2n) is 29.5. The fraction of sp³-hybridized carbons (Fsp3) is 0.932. The van der Waals surface area contributed by atoms with Crippen LogP contribution in [0.15, 0.2) is 0 Å². The molecule has 0 spiro atoms. The minimum absolute atomic E-state index is 0. The number of carbonyl (C=O) groups excluding carboxylic acids is 4. The second kappa shape index (κ2) is 21.8. The van der Waals surface area contributed by atoms with Crippen LogP contribution in [-0.2, 0) is 19.1 Å². The summed E-state index contributed by atoms with van der Waals surface area (Å²) in [6.45, 7) is 49.9. The van der Waals surface area contributed by atoms with Crippen molar-refractivity contribution in [3.8, 4) is 0 Å². The van der Waals surface area contributed by atoms with Crippen molar-refractivity contribution in [2.45, 2.75) is 215 Å². The normalized spacial score (nSPS) is 30.7. The molecule has 8 unspecified atom stereocenters. The monoisotopic (exact) mass is 991 g/mol. The fourth-order valence-electron chi connectivity index (χ4n) is 12.0. The van der Waals surface area contributed by atoms with Gasteiger partial charge in [-0.3, -0.25) is 18.8 Å². The third kappa shape index (κ3) is 15.5. The van der Waals surface area contributed by atoms with Crippen molar-refractivity contribution in [2.75, 3.05) is 59.0 Å². The van der Waals surface area contributed by atoms with Gasteiger partial charge in [0.15, 0.2) is 0 Å². The predicted octanol–water partition coefficient (Wildman–Crippen LogP) is 13.8. The molecule has 70 heavy (non-hydrogen) atoms. The summed E-state index contributed by atoms with van der Waals surface area (Å²) in [4.78, 5) is 56.7. The molecule has 8 atom stereocenters. The average Bonchev–Trinajstić information content (AvgIpc) is 4.09. The molecular formula is C59H108F2N4O5. The first-order valence-corrected chi connectivity index (χ1v) is 27.3. The van der Waals surface area contributed by atoms with Gasteiger partial charge in [0.25, 0.3) is 0 Å². The summed E-state index contributed by atoms with van der Waals surface area (Å²) >= 11 is 0. The summed E-state index contributed by atoms with van der Waals surface area (Å²) in [5.74, 6) is 3.60. The molecule has 3 aliphatic carbocycles. The largest absolute Gasteiger partial charge is 0.444 e. The molecule has 4 amide bonds. The van der Waals surface area contributed by atoms with E-state index in [2.05, 4.69) is 109 Å². The van der Waals surface area contributed by atoms with Crippen molar-refractivity contribution in [3.63, 3.8) is 0 Å². The molecule has 7 aliphatic rings. The fourth-order valence-corrected chi connectivity index (χ4v) is 12.0. The standard InChI is InChI=1S/C15H29NO2.C15H27NO.2C14H24FNO.CH4/c1-8-11-9-16(10-12(11)14(2,3)4)13(17)18-15(5,6)7;1-6-11-9-16(10-12(11)14(2,3)4)13(17)15(5)7-8-15;1-12(2,3)10-8-16(9-14(10,5)15)11(17)13(4)6-7-13;1-13(2,3)11-9-16(8-10(11)7-15)12(17)14(4)5-6-14;/h11-12H,8-10H2,1-7H3;11-12H,6-10H2,1-5H3;10H,6-9H2,1-5H3;10-11H,5-9H2,1-4H3;1H4. The predicted molar refractivity (Wildman–Crippen MR) is 285 cm³/mol. The van der Waals surface area contributed by atoms with E-state index in [-0.39, 0.29) is 82.9 Å². The van der Waals surface area contributed by atoms with E-state index in [1.54, 1.807) is 11.8 Å². The molecule has 0 aromatic carbocycles. The number of carbonyl (C=O) groups is 4. The van der Waals surface area contributed by atoms with Gasteiger partial charge in [-0.15, -0.1) is 0 Å². The lowest BCUT2D eigenvalue weighted by Crippen LogP contribution is -2.37. The number of ether oxygens (including phenoxy) is 1. The summed E-state index contributed by atoms with van der Waals surface area (Å²) in [5, 5.41) is 0. The van der Waals surface area contributed by atoms with Gasteiger partial charge in [-0.25, -0.2) is 9.18 Å². The van der Waals surface area contributed by atoms with E-state index in [4.69, 9.17) is 4.74 Å². The molecule has 0 radical (unpaired) electrons.